The van der Waals surface area contributed by atoms with E-state index in [4.69, 9.17) is 28.9 Å². The van der Waals surface area contributed by atoms with Crippen molar-refractivity contribution in [1.29, 1.82) is 0 Å². The minimum absolute atomic E-state index is 0.130. The highest BCUT2D eigenvalue weighted by Crippen LogP contribution is 2.28. The van der Waals surface area contributed by atoms with Crippen molar-refractivity contribution in [1.82, 2.24) is 0 Å². The first-order valence-corrected chi connectivity index (χ1v) is 6.44. The van der Waals surface area contributed by atoms with Crippen molar-refractivity contribution < 1.29 is 9.72 Å². The first kappa shape index (κ1) is 15.1. The molecule has 0 radical (unpaired) electrons. The van der Waals surface area contributed by atoms with Gasteiger partial charge in [-0.3, -0.25) is 14.9 Å². The van der Waals surface area contributed by atoms with Gasteiger partial charge in [-0.2, -0.15) is 0 Å². The van der Waals surface area contributed by atoms with Crippen molar-refractivity contribution in [2.24, 2.45) is 0 Å². The SMILES string of the molecule is Nc1cc(Cl)ccc1C(=O)Nc1cc([N+](=O)[O-])ccc1Cl. The number of nitrogens with zero attached hydrogens (tertiary/aromatic N) is 1. The molecule has 0 heterocycles. The summed E-state index contributed by atoms with van der Waals surface area (Å²) in [6, 6.07) is 8.16. The highest BCUT2D eigenvalue weighted by atomic mass is 35.5. The molecule has 21 heavy (non-hydrogen) atoms. The summed E-state index contributed by atoms with van der Waals surface area (Å²) in [4.78, 5) is 22.3. The highest BCUT2D eigenvalue weighted by molar-refractivity contribution is 6.34. The van der Waals surface area contributed by atoms with E-state index in [1.54, 1.807) is 0 Å². The van der Waals surface area contributed by atoms with Gasteiger partial charge < -0.3 is 11.1 Å². The fourth-order valence-electron chi connectivity index (χ4n) is 1.65. The Morgan fingerprint density at radius 1 is 1.19 bits per heavy atom. The Balaban J connectivity index is 2.31. The summed E-state index contributed by atoms with van der Waals surface area (Å²) in [7, 11) is 0. The molecule has 8 heteroatoms. The molecule has 0 aromatic heterocycles. The predicted octanol–water partition coefficient (Wildman–Crippen LogP) is 3.74. The number of halogens is 2. The zero-order chi connectivity index (χ0) is 15.6. The summed E-state index contributed by atoms with van der Waals surface area (Å²) in [5.74, 6) is -0.536. The average Bonchev–Trinajstić information content (AvgIpc) is 2.40. The molecule has 1 amide bonds. The number of benzene rings is 2. The molecule has 0 aliphatic carbocycles. The van der Waals surface area contributed by atoms with Gasteiger partial charge in [0.1, 0.15) is 0 Å². The van der Waals surface area contributed by atoms with Crippen LogP contribution >= 0.6 is 23.2 Å². The second kappa shape index (κ2) is 5.99. The number of nitrogen functional groups attached to an aromatic ring is 1. The van der Waals surface area contributed by atoms with Crippen molar-refractivity contribution in [3.63, 3.8) is 0 Å². The van der Waals surface area contributed by atoms with E-state index in [1.807, 2.05) is 0 Å². The van der Waals surface area contributed by atoms with Crippen LogP contribution in [0.3, 0.4) is 0 Å². The minimum Gasteiger partial charge on any atom is -0.398 e. The lowest BCUT2D eigenvalue weighted by Crippen LogP contribution is -2.14. The number of hydrogen-bond acceptors (Lipinski definition) is 4. The third-order valence-electron chi connectivity index (χ3n) is 2.67. The predicted molar refractivity (Wildman–Crippen MR) is 81.9 cm³/mol. The van der Waals surface area contributed by atoms with Gasteiger partial charge in [0.05, 0.1) is 21.2 Å². The number of hydrogen-bond donors (Lipinski definition) is 2. The lowest BCUT2D eigenvalue weighted by atomic mass is 10.1. The number of nitrogens with one attached hydrogen (secondary N) is 1. The summed E-state index contributed by atoms with van der Waals surface area (Å²) < 4.78 is 0. The van der Waals surface area contributed by atoms with E-state index >= 15 is 0 Å². The van der Waals surface area contributed by atoms with Crippen LogP contribution in [0.15, 0.2) is 36.4 Å². The minimum atomic E-state index is -0.581. The molecular weight excluding hydrogens is 317 g/mol. The van der Waals surface area contributed by atoms with Crippen LogP contribution in [0.5, 0.6) is 0 Å². The van der Waals surface area contributed by atoms with Gasteiger partial charge in [0, 0.05) is 22.8 Å². The molecule has 0 saturated carbocycles. The smallest absolute Gasteiger partial charge is 0.271 e. The quantitative estimate of drug-likeness (QED) is 0.510. The van der Waals surface area contributed by atoms with Gasteiger partial charge in [-0.1, -0.05) is 23.2 Å². The van der Waals surface area contributed by atoms with E-state index in [0.29, 0.717) is 5.02 Å². The van der Waals surface area contributed by atoms with E-state index in [1.165, 1.54) is 36.4 Å². The van der Waals surface area contributed by atoms with Gasteiger partial charge in [-0.05, 0) is 24.3 Å². The van der Waals surface area contributed by atoms with Gasteiger partial charge in [0.25, 0.3) is 11.6 Å². The fraction of sp³-hybridized carbons (Fsp3) is 0. The van der Waals surface area contributed by atoms with E-state index < -0.39 is 10.8 Å². The van der Waals surface area contributed by atoms with E-state index in [-0.39, 0.29) is 27.6 Å². The Hall–Kier alpha value is -2.31. The molecular formula is C13H9Cl2N3O3. The van der Waals surface area contributed by atoms with Crippen LogP contribution in [0.25, 0.3) is 0 Å². The van der Waals surface area contributed by atoms with Crippen LogP contribution < -0.4 is 11.1 Å². The monoisotopic (exact) mass is 325 g/mol. The number of nitrogens with two attached hydrogens (primary N) is 1. The van der Waals surface area contributed by atoms with Crippen molar-refractivity contribution in [2.75, 3.05) is 11.1 Å². The van der Waals surface area contributed by atoms with Crippen molar-refractivity contribution in [2.45, 2.75) is 0 Å². The summed E-state index contributed by atoms with van der Waals surface area (Å²) in [5.41, 5.74) is 6.05. The van der Waals surface area contributed by atoms with E-state index in [0.717, 1.165) is 0 Å². The van der Waals surface area contributed by atoms with Crippen LogP contribution in [0, 0.1) is 10.1 Å². The molecule has 0 saturated heterocycles. The molecule has 2 rings (SSSR count). The first-order valence-electron chi connectivity index (χ1n) is 5.69. The average molecular weight is 326 g/mol. The Bertz CT molecular complexity index is 735. The molecule has 0 aliphatic rings. The Morgan fingerprint density at radius 2 is 1.90 bits per heavy atom. The van der Waals surface area contributed by atoms with Crippen molar-refractivity contribution in [3.05, 3.63) is 62.1 Å². The largest absolute Gasteiger partial charge is 0.398 e. The topological polar surface area (TPSA) is 98.3 Å². The number of amides is 1. The van der Waals surface area contributed by atoms with Crippen molar-refractivity contribution >= 4 is 46.2 Å². The molecule has 0 bridgehead atoms. The Labute approximate surface area is 129 Å². The zero-order valence-corrected chi connectivity index (χ0v) is 12.0. The van der Waals surface area contributed by atoms with Crippen LogP contribution in [-0.4, -0.2) is 10.8 Å². The molecule has 3 N–H and O–H groups in total. The second-order valence-corrected chi connectivity index (χ2v) is 4.95. The molecule has 0 aliphatic heterocycles. The third kappa shape index (κ3) is 3.42. The van der Waals surface area contributed by atoms with Crippen LogP contribution in [-0.2, 0) is 0 Å². The molecule has 0 unspecified atom stereocenters. The fourth-order valence-corrected chi connectivity index (χ4v) is 2.00. The van der Waals surface area contributed by atoms with Gasteiger partial charge in [-0.25, -0.2) is 0 Å². The first-order chi connectivity index (χ1) is 9.88. The number of non-ortho nitro benzene ring substituents is 1. The Kier molecular flexibility index (Phi) is 4.30. The number of nitro groups is 1. The molecule has 2 aromatic carbocycles. The highest BCUT2D eigenvalue weighted by Gasteiger charge is 2.15. The maximum Gasteiger partial charge on any atom is 0.271 e. The van der Waals surface area contributed by atoms with Gasteiger partial charge >= 0.3 is 0 Å². The number of rotatable bonds is 3. The van der Waals surface area contributed by atoms with Gasteiger partial charge in [-0.15, -0.1) is 0 Å². The summed E-state index contributed by atoms with van der Waals surface area (Å²) >= 11 is 11.7. The summed E-state index contributed by atoms with van der Waals surface area (Å²) in [6.45, 7) is 0. The maximum atomic E-state index is 12.1. The van der Waals surface area contributed by atoms with E-state index in [2.05, 4.69) is 5.32 Å². The molecule has 6 nitrogen and oxygen atoms in total. The second-order valence-electron chi connectivity index (χ2n) is 4.11. The third-order valence-corrected chi connectivity index (χ3v) is 3.23. The van der Waals surface area contributed by atoms with Crippen molar-refractivity contribution in [3.8, 4) is 0 Å². The molecule has 108 valence electrons. The van der Waals surface area contributed by atoms with E-state index in [9.17, 15) is 14.9 Å². The number of carbonyl (C=O) groups excluding carboxylic acids is 1. The van der Waals surface area contributed by atoms with Gasteiger partial charge in [0.2, 0.25) is 0 Å². The summed E-state index contributed by atoms with van der Waals surface area (Å²) in [6.07, 6.45) is 0. The normalized spacial score (nSPS) is 10.2. The van der Waals surface area contributed by atoms with Crippen LogP contribution in [0.2, 0.25) is 10.0 Å². The zero-order valence-electron chi connectivity index (χ0n) is 10.5. The number of nitro benzene ring substituents is 1. The molecule has 0 spiro atoms. The van der Waals surface area contributed by atoms with Crippen LogP contribution in [0.4, 0.5) is 17.1 Å². The molecule has 2 aromatic rings. The number of anilines is 2. The lowest BCUT2D eigenvalue weighted by molar-refractivity contribution is -0.384. The standard InChI is InChI=1S/C13H9Cl2N3O3/c14-7-1-3-9(11(16)5-7)13(19)17-12-6-8(18(20)21)2-4-10(12)15/h1-6H,16H2,(H,17,19). The molecule has 0 fully saturated rings. The van der Waals surface area contributed by atoms with Crippen LogP contribution in [0.1, 0.15) is 10.4 Å². The number of carbonyl (C=O) groups is 1. The maximum absolute atomic E-state index is 12.1. The van der Waals surface area contributed by atoms with Gasteiger partial charge in [0.15, 0.2) is 0 Å². The molecule has 0 atom stereocenters. The lowest BCUT2D eigenvalue weighted by Gasteiger charge is -2.09. The Morgan fingerprint density at radius 3 is 2.52 bits per heavy atom. The summed E-state index contributed by atoms with van der Waals surface area (Å²) in [5, 5.41) is 13.8.